The quantitative estimate of drug-likeness (QED) is 0.453. The predicted octanol–water partition coefficient (Wildman–Crippen LogP) is 3.15. The number of nitro benzene ring substituents is 1. The highest BCUT2D eigenvalue weighted by atomic mass is 35.5. The van der Waals surface area contributed by atoms with E-state index < -0.39 is 4.92 Å². The van der Waals surface area contributed by atoms with E-state index in [1.807, 2.05) is 0 Å². The van der Waals surface area contributed by atoms with Gasteiger partial charge in [0.1, 0.15) is 0 Å². The Hall–Kier alpha value is -1.17. The van der Waals surface area contributed by atoms with Crippen molar-refractivity contribution in [3.05, 3.63) is 38.9 Å². The molecule has 0 aliphatic heterocycles. The molecule has 0 atom stereocenters. The molecule has 0 saturated carbocycles. The van der Waals surface area contributed by atoms with E-state index in [9.17, 15) is 10.1 Å². The summed E-state index contributed by atoms with van der Waals surface area (Å²) in [7, 11) is 0. The third-order valence-electron chi connectivity index (χ3n) is 2.51. The van der Waals surface area contributed by atoms with Gasteiger partial charge in [-0.15, -0.1) is 0 Å². The van der Waals surface area contributed by atoms with Gasteiger partial charge in [-0.1, -0.05) is 25.4 Å². The second-order valence-corrected chi connectivity index (χ2v) is 4.98. The number of benzene rings is 1. The van der Waals surface area contributed by atoms with Gasteiger partial charge in [0.25, 0.3) is 5.69 Å². The van der Waals surface area contributed by atoms with E-state index in [1.165, 1.54) is 12.1 Å². The molecule has 0 unspecified atom stereocenters. The van der Waals surface area contributed by atoms with E-state index in [4.69, 9.17) is 16.3 Å². The molecule has 19 heavy (non-hydrogen) atoms. The van der Waals surface area contributed by atoms with Crippen LogP contribution in [-0.2, 0) is 11.3 Å². The van der Waals surface area contributed by atoms with E-state index in [1.54, 1.807) is 6.07 Å². The van der Waals surface area contributed by atoms with Crippen LogP contribution in [0.2, 0.25) is 5.02 Å². The fourth-order valence-corrected chi connectivity index (χ4v) is 1.79. The minimum atomic E-state index is -0.421. The number of hydrogen-bond donors (Lipinski definition) is 1. The number of ether oxygens (including phenoxy) is 1. The van der Waals surface area contributed by atoms with Crippen LogP contribution in [0.5, 0.6) is 0 Å². The third-order valence-corrected chi connectivity index (χ3v) is 2.75. The summed E-state index contributed by atoms with van der Waals surface area (Å²) in [5.41, 5.74) is 0.555. The van der Waals surface area contributed by atoms with Crippen LogP contribution in [0.1, 0.15) is 25.8 Å². The van der Waals surface area contributed by atoms with E-state index in [0.717, 1.165) is 13.0 Å². The average Bonchev–Trinajstić information content (AvgIpc) is 2.33. The van der Waals surface area contributed by atoms with E-state index in [0.29, 0.717) is 23.2 Å². The van der Waals surface area contributed by atoms with Crippen molar-refractivity contribution in [2.45, 2.75) is 32.9 Å². The van der Waals surface area contributed by atoms with Crippen molar-refractivity contribution in [2.75, 3.05) is 13.2 Å². The molecular weight excluding hydrogens is 268 g/mol. The Morgan fingerprint density at radius 1 is 1.47 bits per heavy atom. The first-order valence-electron chi connectivity index (χ1n) is 6.24. The van der Waals surface area contributed by atoms with Gasteiger partial charge >= 0.3 is 0 Å². The van der Waals surface area contributed by atoms with Crippen molar-refractivity contribution in [3.63, 3.8) is 0 Å². The van der Waals surface area contributed by atoms with Gasteiger partial charge in [0.2, 0.25) is 0 Å². The highest BCUT2D eigenvalue weighted by Crippen LogP contribution is 2.23. The molecule has 106 valence electrons. The largest absolute Gasteiger partial charge is 0.376 e. The highest BCUT2D eigenvalue weighted by Gasteiger charge is 2.13. The summed E-state index contributed by atoms with van der Waals surface area (Å²) < 4.78 is 5.44. The Labute approximate surface area is 118 Å². The van der Waals surface area contributed by atoms with Crippen LogP contribution >= 0.6 is 11.6 Å². The second kappa shape index (κ2) is 8.09. The van der Waals surface area contributed by atoms with Crippen molar-refractivity contribution in [1.29, 1.82) is 0 Å². The maximum absolute atomic E-state index is 10.8. The third kappa shape index (κ3) is 6.00. The summed E-state index contributed by atoms with van der Waals surface area (Å²) in [5.74, 6) is 0. The summed E-state index contributed by atoms with van der Waals surface area (Å²) in [6, 6.07) is 4.94. The lowest BCUT2D eigenvalue weighted by molar-refractivity contribution is -0.385. The molecule has 0 aliphatic rings. The molecule has 0 amide bonds. The van der Waals surface area contributed by atoms with Gasteiger partial charge in [0.05, 0.1) is 17.1 Å². The zero-order valence-electron chi connectivity index (χ0n) is 11.2. The maximum atomic E-state index is 10.8. The van der Waals surface area contributed by atoms with Gasteiger partial charge in [-0.05, 0) is 25.1 Å². The lowest BCUT2D eigenvalue weighted by Crippen LogP contribution is -2.24. The summed E-state index contributed by atoms with van der Waals surface area (Å²) in [5, 5.41) is 14.6. The molecule has 5 nitrogen and oxygen atoms in total. The number of halogens is 1. The van der Waals surface area contributed by atoms with Crippen LogP contribution in [-0.4, -0.2) is 24.1 Å². The zero-order valence-corrected chi connectivity index (χ0v) is 11.9. The number of nitrogens with zero attached hydrogens (tertiary/aromatic N) is 1. The van der Waals surface area contributed by atoms with E-state index >= 15 is 0 Å². The molecule has 1 aromatic rings. The molecule has 0 heterocycles. The van der Waals surface area contributed by atoms with Gasteiger partial charge in [0.15, 0.2) is 0 Å². The Balaban J connectivity index is 2.40. The van der Waals surface area contributed by atoms with Gasteiger partial charge < -0.3 is 10.1 Å². The molecule has 0 spiro atoms. The minimum Gasteiger partial charge on any atom is -0.376 e. The Morgan fingerprint density at radius 2 is 2.21 bits per heavy atom. The van der Waals surface area contributed by atoms with Crippen molar-refractivity contribution >= 4 is 17.3 Å². The van der Waals surface area contributed by atoms with Crippen LogP contribution in [0.25, 0.3) is 0 Å². The van der Waals surface area contributed by atoms with Crippen molar-refractivity contribution in [1.82, 2.24) is 5.32 Å². The summed E-state index contributed by atoms with van der Waals surface area (Å²) in [6.45, 7) is 5.80. The molecule has 6 heteroatoms. The topological polar surface area (TPSA) is 64.4 Å². The Bertz CT molecular complexity index is 424. The smallest absolute Gasteiger partial charge is 0.275 e. The number of nitro groups is 1. The molecule has 1 rings (SSSR count). The van der Waals surface area contributed by atoms with Gasteiger partial charge in [-0.25, -0.2) is 0 Å². The van der Waals surface area contributed by atoms with Gasteiger partial charge in [-0.3, -0.25) is 10.1 Å². The van der Waals surface area contributed by atoms with E-state index in [2.05, 4.69) is 19.2 Å². The monoisotopic (exact) mass is 286 g/mol. The van der Waals surface area contributed by atoms with Crippen LogP contribution < -0.4 is 5.32 Å². The summed E-state index contributed by atoms with van der Waals surface area (Å²) >= 11 is 5.83. The standard InChI is InChI=1S/C13H19ClN2O3/c1-10(2)15-6-3-7-19-9-11-8-12(14)4-5-13(11)16(17)18/h4-5,8,10,15H,3,6-7,9H2,1-2H3. The number of rotatable bonds is 8. The van der Waals surface area contributed by atoms with Gasteiger partial charge in [0, 0.05) is 23.7 Å². The lowest BCUT2D eigenvalue weighted by Gasteiger charge is -2.08. The molecule has 0 radical (unpaired) electrons. The van der Waals surface area contributed by atoms with Crippen LogP contribution in [0, 0.1) is 10.1 Å². The second-order valence-electron chi connectivity index (χ2n) is 4.55. The van der Waals surface area contributed by atoms with Gasteiger partial charge in [-0.2, -0.15) is 0 Å². The van der Waals surface area contributed by atoms with E-state index in [-0.39, 0.29) is 12.3 Å². The minimum absolute atomic E-state index is 0.0460. The lowest BCUT2D eigenvalue weighted by atomic mass is 10.2. The number of nitrogens with one attached hydrogen (secondary N) is 1. The molecule has 0 aromatic heterocycles. The molecule has 0 saturated heterocycles. The highest BCUT2D eigenvalue weighted by molar-refractivity contribution is 6.30. The fourth-order valence-electron chi connectivity index (χ4n) is 1.59. The molecule has 1 N–H and O–H groups in total. The molecule has 0 aliphatic carbocycles. The first-order chi connectivity index (χ1) is 9.00. The SMILES string of the molecule is CC(C)NCCCOCc1cc(Cl)ccc1[N+](=O)[O-]. The molecule has 0 bridgehead atoms. The van der Waals surface area contributed by atoms with Crippen LogP contribution in [0.15, 0.2) is 18.2 Å². The van der Waals surface area contributed by atoms with Crippen LogP contribution in [0.3, 0.4) is 0 Å². The fraction of sp³-hybridized carbons (Fsp3) is 0.538. The molecule has 1 aromatic carbocycles. The Morgan fingerprint density at radius 3 is 2.84 bits per heavy atom. The Kier molecular flexibility index (Phi) is 6.77. The average molecular weight is 287 g/mol. The van der Waals surface area contributed by atoms with Crippen molar-refractivity contribution < 1.29 is 9.66 Å². The molecule has 0 fully saturated rings. The summed E-state index contributed by atoms with van der Waals surface area (Å²) in [6.07, 6.45) is 0.868. The zero-order chi connectivity index (χ0) is 14.3. The summed E-state index contributed by atoms with van der Waals surface area (Å²) in [4.78, 5) is 10.4. The first kappa shape index (κ1) is 15.9. The molecular formula is C13H19ClN2O3. The first-order valence-corrected chi connectivity index (χ1v) is 6.62. The van der Waals surface area contributed by atoms with Crippen molar-refractivity contribution in [2.24, 2.45) is 0 Å². The maximum Gasteiger partial charge on any atom is 0.275 e. The predicted molar refractivity (Wildman–Crippen MR) is 75.5 cm³/mol. The van der Waals surface area contributed by atoms with Crippen LogP contribution in [0.4, 0.5) is 5.69 Å². The normalized spacial score (nSPS) is 10.9. The van der Waals surface area contributed by atoms with Crippen molar-refractivity contribution in [3.8, 4) is 0 Å². The number of hydrogen-bond acceptors (Lipinski definition) is 4.